The number of furan rings is 1. The fraction of sp³-hybridized carbons (Fsp3) is 0.143. The lowest BCUT2D eigenvalue weighted by atomic mass is 10.2. The van der Waals surface area contributed by atoms with Crippen LogP contribution in [0.25, 0.3) is 22.4 Å². The normalized spacial score (nSPS) is 11.3. The van der Waals surface area contributed by atoms with Gasteiger partial charge in [-0.1, -0.05) is 11.6 Å². The smallest absolute Gasteiger partial charge is 0.323 e. The van der Waals surface area contributed by atoms with Crippen LogP contribution in [0.1, 0.15) is 5.76 Å². The highest BCUT2D eigenvalue weighted by atomic mass is 35.5. The third kappa shape index (κ3) is 4.59. The lowest BCUT2D eigenvalue weighted by molar-refractivity contribution is -0.117. The Morgan fingerprint density at radius 3 is 2.62 bits per heavy atom. The Hall–Kier alpha value is -3.29. The van der Waals surface area contributed by atoms with E-state index < -0.39 is 0 Å². The SMILES string of the molecule is CN(CC(=O)Nc1ccc2[nH]c(=O)[nH]c2c1)Cc1ccc(-c2ccc(Cl)cc2)o1. The van der Waals surface area contributed by atoms with Crippen molar-refractivity contribution in [2.45, 2.75) is 6.54 Å². The number of amides is 1. The Balaban J connectivity index is 1.35. The molecule has 3 N–H and O–H groups in total. The van der Waals surface area contributed by atoms with Gasteiger partial charge in [0.15, 0.2) is 0 Å². The van der Waals surface area contributed by atoms with Gasteiger partial charge in [-0.3, -0.25) is 9.69 Å². The van der Waals surface area contributed by atoms with Crippen LogP contribution < -0.4 is 11.0 Å². The largest absolute Gasteiger partial charge is 0.460 e. The lowest BCUT2D eigenvalue weighted by Crippen LogP contribution is -2.29. The van der Waals surface area contributed by atoms with E-state index in [0.717, 1.165) is 17.1 Å². The summed E-state index contributed by atoms with van der Waals surface area (Å²) >= 11 is 5.92. The van der Waals surface area contributed by atoms with Gasteiger partial charge in [0.1, 0.15) is 11.5 Å². The van der Waals surface area contributed by atoms with Crippen LogP contribution in [0.3, 0.4) is 0 Å². The van der Waals surface area contributed by atoms with Crippen molar-refractivity contribution >= 4 is 34.2 Å². The number of nitrogens with one attached hydrogen (secondary N) is 3. The molecule has 0 radical (unpaired) electrons. The molecule has 148 valence electrons. The Morgan fingerprint density at radius 1 is 1.07 bits per heavy atom. The summed E-state index contributed by atoms with van der Waals surface area (Å²) in [5.74, 6) is 1.36. The zero-order valence-corrected chi connectivity index (χ0v) is 16.4. The predicted molar refractivity (Wildman–Crippen MR) is 113 cm³/mol. The zero-order valence-electron chi connectivity index (χ0n) is 15.7. The quantitative estimate of drug-likeness (QED) is 0.450. The number of nitrogens with zero attached hydrogens (tertiary/aromatic N) is 1. The number of halogens is 1. The maximum Gasteiger partial charge on any atom is 0.323 e. The molecule has 4 aromatic rings. The van der Waals surface area contributed by atoms with Crippen molar-refractivity contribution in [1.29, 1.82) is 0 Å². The Morgan fingerprint density at radius 2 is 1.83 bits per heavy atom. The maximum absolute atomic E-state index is 12.3. The van der Waals surface area contributed by atoms with E-state index in [4.69, 9.17) is 16.0 Å². The van der Waals surface area contributed by atoms with Gasteiger partial charge in [-0.05, 0) is 61.6 Å². The number of carbonyl (C=O) groups excluding carboxylic acids is 1. The van der Waals surface area contributed by atoms with E-state index in [1.165, 1.54) is 0 Å². The minimum Gasteiger partial charge on any atom is -0.460 e. The summed E-state index contributed by atoms with van der Waals surface area (Å²) in [6, 6.07) is 16.4. The monoisotopic (exact) mass is 410 g/mol. The second-order valence-corrected chi connectivity index (χ2v) is 7.27. The van der Waals surface area contributed by atoms with Crippen LogP contribution in [0.5, 0.6) is 0 Å². The van der Waals surface area contributed by atoms with Gasteiger partial charge in [0.25, 0.3) is 0 Å². The molecule has 2 aromatic heterocycles. The molecule has 8 heteroatoms. The predicted octanol–water partition coefficient (Wildman–Crippen LogP) is 3.84. The van der Waals surface area contributed by atoms with Gasteiger partial charge in [-0.15, -0.1) is 0 Å². The summed E-state index contributed by atoms with van der Waals surface area (Å²) in [6.45, 7) is 0.684. The van der Waals surface area contributed by atoms with Crippen molar-refractivity contribution in [3.63, 3.8) is 0 Å². The highest BCUT2D eigenvalue weighted by Gasteiger charge is 2.11. The Bertz CT molecular complexity index is 1210. The molecule has 0 aliphatic carbocycles. The van der Waals surface area contributed by atoms with Crippen LogP contribution >= 0.6 is 11.6 Å². The van der Waals surface area contributed by atoms with E-state index >= 15 is 0 Å². The first-order chi connectivity index (χ1) is 14.0. The van der Waals surface area contributed by atoms with Gasteiger partial charge in [-0.2, -0.15) is 0 Å². The molecule has 0 spiro atoms. The number of fused-ring (bicyclic) bond motifs is 1. The number of aromatic nitrogens is 2. The molecule has 29 heavy (non-hydrogen) atoms. The molecule has 0 aliphatic rings. The van der Waals surface area contributed by atoms with E-state index in [1.54, 1.807) is 18.2 Å². The van der Waals surface area contributed by atoms with Crippen molar-refractivity contribution < 1.29 is 9.21 Å². The summed E-state index contributed by atoms with van der Waals surface area (Å²) in [5, 5.41) is 3.51. The summed E-state index contributed by atoms with van der Waals surface area (Å²) in [6.07, 6.45) is 0. The van der Waals surface area contributed by atoms with Crippen molar-refractivity contribution in [2.24, 2.45) is 0 Å². The summed E-state index contributed by atoms with van der Waals surface area (Å²) < 4.78 is 5.88. The average Bonchev–Trinajstić information content (AvgIpc) is 3.27. The van der Waals surface area contributed by atoms with Crippen LogP contribution in [0, 0.1) is 0 Å². The van der Waals surface area contributed by atoms with Crippen LogP contribution in [0.2, 0.25) is 5.02 Å². The number of carbonyl (C=O) groups is 1. The van der Waals surface area contributed by atoms with Crippen LogP contribution in [0.4, 0.5) is 5.69 Å². The van der Waals surface area contributed by atoms with Crippen molar-refractivity contribution in [2.75, 3.05) is 18.9 Å². The number of benzene rings is 2. The molecule has 0 fully saturated rings. The van der Waals surface area contributed by atoms with Crippen LogP contribution in [-0.4, -0.2) is 34.4 Å². The van der Waals surface area contributed by atoms with Crippen molar-refractivity contribution in [3.8, 4) is 11.3 Å². The lowest BCUT2D eigenvalue weighted by Gasteiger charge is -2.15. The van der Waals surface area contributed by atoms with E-state index in [2.05, 4.69) is 15.3 Å². The minimum atomic E-state index is -0.278. The number of rotatable bonds is 6. The van der Waals surface area contributed by atoms with E-state index in [0.29, 0.717) is 28.3 Å². The number of likely N-dealkylation sites (N-methyl/N-ethyl adjacent to an activating group) is 1. The molecule has 7 nitrogen and oxygen atoms in total. The molecule has 0 unspecified atom stereocenters. The topological polar surface area (TPSA) is 94.1 Å². The molecule has 0 saturated carbocycles. The number of H-pyrrole nitrogens is 2. The molecule has 2 heterocycles. The second kappa shape index (κ2) is 7.98. The fourth-order valence-corrected chi connectivity index (χ4v) is 3.24. The third-order valence-corrected chi connectivity index (χ3v) is 4.68. The molecule has 1 amide bonds. The average molecular weight is 411 g/mol. The number of aromatic amines is 2. The first-order valence-electron chi connectivity index (χ1n) is 9.01. The fourth-order valence-electron chi connectivity index (χ4n) is 3.11. The molecule has 0 bridgehead atoms. The van der Waals surface area contributed by atoms with Gasteiger partial charge in [0.05, 0.1) is 24.1 Å². The highest BCUT2D eigenvalue weighted by molar-refractivity contribution is 6.30. The molecule has 0 saturated heterocycles. The van der Waals surface area contributed by atoms with Gasteiger partial charge in [-0.25, -0.2) is 4.79 Å². The standard InChI is InChI=1S/C21H19ClN4O3/c1-26(11-16-7-9-19(29-16)13-2-4-14(22)5-3-13)12-20(27)23-15-6-8-17-18(10-15)25-21(28)24-17/h2-10H,11-12H2,1H3,(H,23,27)(H2,24,25,28). The number of hydrogen-bond donors (Lipinski definition) is 3. The Kier molecular flexibility index (Phi) is 5.24. The summed E-state index contributed by atoms with van der Waals surface area (Å²) in [5.41, 5.74) is 2.62. The summed E-state index contributed by atoms with van der Waals surface area (Å²) in [4.78, 5) is 30.9. The first kappa shape index (κ1) is 19.0. The minimum absolute atomic E-state index is 0.158. The zero-order chi connectivity index (χ0) is 20.4. The van der Waals surface area contributed by atoms with Crippen LogP contribution in [0.15, 0.2) is 63.8 Å². The Labute approximate surface area is 171 Å². The first-order valence-corrected chi connectivity index (χ1v) is 9.39. The van der Waals surface area contributed by atoms with E-state index in [-0.39, 0.29) is 18.1 Å². The van der Waals surface area contributed by atoms with Crippen LogP contribution in [-0.2, 0) is 11.3 Å². The van der Waals surface area contributed by atoms with E-state index in [9.17, 15) is 9.59 Å². The third-order valence-electron chi connectivity index (χ3n) is 4.43. The van der Waals surface area contributed by atoms with Gasteiger partial charge >= 0.3 is 5.69 Å². The molecular weight excluding hydrogens is 392 g/mol. The number of hydrogen-bond acceptors (Lipinski definition) is 4. The molecule has 0 aliphatic heterocycles. The molecule has 2 aromatic carbocycles. The second-order valence-electron chi connectivity index (χ2n) is 6.83. The number of anilines is 1. The number of imidazole rings is 1. The van der Waals surface area contributed by atoms with Gasteiger partial charge in [0, 0.05) is 16.3 Å². The molecule has 4 rings (SSSR count). The molecular formula is C21H19ClN4O3. The summed E-state index contributed by atoms with van der Waals surface area (Å²) in [7, 11) is 1.84. The highest BCUT2D eigenvalue weighted by Crippen LogP contribution is 2.24. The van der Waals surface area contributed by atoms with Crippen molar-refractivity contribution in [3.05, 3.63) is 75.9 Å². The maximum atomic E-state index is 12.3. The van der Waals surface area contributed by atoms with Gasteiger partial charge < -0.3 is 19.7 Å². The van der Waals surface area contributed by atoms with E-state index in [1.807, 2.05) is 48.3 Å². The van der Waals surface area contributed by atoms with Crippen molar-refractivity contribution in [1.82, 2.24) is 14.9 Å². The van der Waals surface area contributed by atoms with Gasteiger partial charge in [0.2, 0.25) is 5.91 Å². The molecule has 0 atom stereocenters.